The van der Waals surface area contributed by atoms with Gasteiger partial charge in [-0.15, -0.1) is 0 Å². The molecule has 0 radical (unpaired) electrons. The lowest BCUT2D eigenvalue weighted by atomic mass is 10.2. The Bertz CT molecular complexity index is 216. The minimum absolute atomic E-state index is 0.284. The van der Waals surface area contributed by atoms with Crippen molar-refractivity contribution in [1.82, 2.24) is 0 Å². The van der Waals surface area contributed by atoms with Crippen molar-refractivity contribution in [2.45, 2.75) is 45.6 Å². The fourth-order valence-electron chi connectivity index (χ4n) is 1.45. The Kier molecular flexibility index (Phi) is 9.23. The van der Waals surface area contributed by atoms with Crippen LogP contribution >= 0.6 is 0 Å². The minimum Gasteiger partial charge on any atom is -0.462 e. The molecule has 0 spiro atoms. The quantitative estimate of drug-likeness (QED) is 0.354. The van der Waals surface area contributed by atoms with Gasteiger partial charge in [0.1, 0.15) is 0 Å². The Morgan fingerprint density at radius 3 is 2.56 bits per heavy atom. The van der Waals surface area contributed by atoms with E-state index >= 15 is 0 Å². The van der Waals surface area contributed by atoms with Crippen LogP contribution in [-0.4, -0.2) is 28.9 Å². The number of hydrogen-bond acceptors (Lipinski definition) is 3. The van der Waals surface area contributed by atoms with E-state index in [1.807, 2.05) is 6.92 Å². The summed E-state index contributed by atoms with van der Waals surface area (Å²) in [5.41, 5.74) is 1.09. The second kappa shape index (κ2) is 9.60. The van der Waals surface area contributed by atoms with Gasteiger partial charge in [0.05, 0.1) is 6.61 Å². The molecule has 0 N–H and O–H groups in total. The van der Waals surface area contributed by atoms with Gasteiger partial charge in [0, 0.05) is 12.2 Å². The van der Waals surface area contributed by atoms with Crippen LogP contribution in [0.3, 0.4) is 0 Å². The number of carbonyl (C=O) groups excluding carboxylic acids is 1. The van der Waals surface area contributed by atoms with Crippen LogP contribution in [0.25, 0.3) is 0 Å². The fourth-order valence-corrected chi connectivity index (χ4v) is 2.92. The van der Waals surface area contributed by atoms with Crippen molar-refractivity contribution in [3.05, 3.63) is 12.2 Å². The van der Waals surface area contributed by atoms with Crippen LogP contribution < -0.4 is 0 Å². The smallest absolute Gasteiger partial charge is 0.333 e. The predicted molar refractivity (Wildman–Crippen MR) is 69.2 cm³/mol. The third kappa shape index (κ3) is 7.65. The SMILES string of the molecule is C=C(C)C(=O)OCCC(CCC)[SiH2]OCC. The summed E-state index contributed by atoms with van der Waals surface area (Å²) in [5, 5.41) is 0. The molecule has 0 amide bonds. The number of hydrogen-bond donors (Lipinski definition) is 0. The summed E-state index contributed by atoms with van der Waals surface area (Å²) in [5.74, 6) is -0.284. The summed E-state index contributed by atoms with van der Waals surface area (Å²) in [6.07, 6.45) is 3.27. The number of carbonyl (C=O) groups is 1. The van der Waals surface area contributed by atoms with Crippen LogP contribution in [0.2, 0.25) is 5.54 Å². The van der Waals surface area contributed by atoms with Gasteiger partial charge in [-0.3, -0.25) is 0 Å². The molecule has 0 aliphatic rings. The molecule has 0 bridgehead atoms. The van der Waals surface area contributed by atoms with Crippen LogP contribution in [0.15, 0.2) is 12.2 Å². The zero-order valence-electron chi connectivity index (χ0n) is 10.8. The third-order valence-electron chi connectivity index (χ3n) is 2.36. The van der Waals surface area contributed by atoms with E-state index in [1.165, 1.54) is 12.8 Å². The van der Waals surface area contributed by atoms with Gasteiger partial charge < -0.3 is 9.16 Å². The molecule has 0 aromatic rings. The average molecular weight is 244 g/mol. The topological polar surface area (TPSA) is 35.5 Å². The van der Waals surface area contributed by atoms with Crippen molar-refractivity contribution >= 4 is 15.7 Å². The molecule has 0 fully saturated rings. The maximum absolute atomic E-state index is 11.2. The maximum atomic E-state index is 11.2. The Hall–Kier alpha value is -0.613. The van der Waals surface area contributed by atoms with Crippen molar-refractivity contribution in [3.63, 3.8) is 0 Å². The summed E-state index contributed by atoms with van der Waals surface area (Å²) in [6, 6.07) is 0. The van der Waals surface area contributed by atoms with Crippen LogP contribution in [0.4, 0.5) is 0 Å². The normalized spacial score (nSPS) is 12.9. The monoisotopic (exact) mass is 244 g/mol. The Labute approximate surface area is 101 Å². The molecular formula is C12H24O3Si. The minimum atomic E-state index is -0.464. The average Bonchev–Trinajstić information content (AvgIpc) is 2.25. The molecule has 0 aliphatic heterocycles. The Morgan fingerprint density at radius 2 is 2.06 bits per heavy atom. The molecule has 4 heteroatoms. The third-order valence-corrected chi connectivity index (χ3v) is 4.29. The van der Waals surface area contributed by atoms with Crippen molar-refractivity contribution in [2.24, 2.45) is 0 Å². The van der Waals surface area contributed by atoms with E-state index in [1.54, 1.807) is 6.92 Å². The van der Waals surface area contributed by atoms with Gasteiger partial charge in [-0.1, -0.05) is 26.3 Å². The lowest BCUT2D eigenvalue weighted by Crippen LogP contribution is -2.13. The molecule has 0 aliphatic carbocycles. The largest absolute Gasteiger partial charge is 0.462 e. The van der Waals surface area contributed by atoms with Gasteiger partial charge in [-0.05, 0) is 25.8 Å². The molecule has 0 saturated heterocycles. The van der Waals surface area contributed by atoms with Crippen LogP contribution in [0, 0.1) is 0 Å². The first-order chi connectivity index (χ1) is 7.61. The van der Waals surface area contributed by atoms with E-state index in [0.29, 0.717) is 17.7 Å². The Balaban J connectivity index is 3.74. The number of esters is 1. The lowest BCUT2D eigenvalue weighted by molar-refractivity contribution is -0.139. The molecule has 1 atom stereocenters. The highest BCUT2D eigenvalue weighted by Gasteiger charge is 2.10. The van der Waals surface area contributed by atoms with E-state index in [-0.39, 0.29) is 5.97 Å². The molecule has 3 nitrogen and oxygen atoms in total. The molecule has 16 heavy (non-hydrogen) atoms. The predicted octanol–water partition coefficient (Wildman–Crippen LogP) is 2.20. The summed E-state index contributed by atoms with van der Waals surface area (Å²) in [6.45, 7) is 10.7. The van der Waals surface area contributed by atoms with Crippen molar-refractivity contribution < 1.29 is 14.0 Å². The summed E-state index contributed by atoms with van der Waals surface area (Å²) >= 11 is 0. The Morgan fingerprint density at radius 1 is 1.38 bits per heavy atom. The zero-order valence-corrected chi connectivity index (χ0v) is 12.2. The van der Waals surface area contributed by atoms with Gasteiger partial charge in [0.25, 0.3) is 0 Å². The highest BCUT2D eigenvalue weighted by Crippen LogP contribution is 2.17. The van der Waals surface area contributed by atoms with Gasteiger partial charge in [0.15, 0.2) is 9.76 Å². The molecule has 0 heterocycles. The highest BCUT2D eigenvalue weighted by atomic mass is 28.2. The van der Waals surface area contributed by atoms with Gasteiger partial charge in [0.2, 0.25) is 0 Å². The van der Waals surface area contributed by atoms with Crippen LogP contribution in [0.5, 0.6) is 0 Å². The van der Waals surface area contributed by atoms with Crippen molar-refractivity contribution in [2.75, 3.05) is 13.2 Å². The number of ether oxygens (including phenoxy) is 1. The first-order valence-corrected chi connectivity index (χ1v) is 7.41. The first-order valence-electron chi connectivity index (χ1n) is 6.02. The second-order valence-electron chi connectivity index (χ2n) is 4.02. The highest BCUT2D eigenvalue weighted by molar-refractivity contribution is 6.29. The number of rotatable bonds is 9. The van der Waals surface area contributed by atoms with Gasteiger partial charge >= 0.3 is 5.97 Å². The second-order valence-corrected chi connectivity index (χ2v) is 5.92. The summed E-state index contributed by atoms with van der Waals surface area (Å²) in [7, 11) is -0.464. The lowest BCUT2D eigenvalue weighted by Gasteiger charge is -2.15. The van der Waals surface area contributed by atoms with Crippen LogP contribution in [-0.2, 0) is 14.0 Å². The molecule has 0 aromatic heterocycles. The molecular weight excluding hydrogens is 220 g/mol. The standard InChI is InChI=1S/C12H24O3Si/c1-5-7-11(16-15-6-2)8-9-14-12(13)10(3)4/h11H,3,5-9,16H2,1-2,4H3. The van der Waals surface area contributed by atoms with Gasteiger partial charge in [-0.2, -0.15) is 0 Å². The molecule has 1 unspecified atom stereocenters. The summed E-state index contributed by atoms with van der Waals surface area (Å²) < 4.78 is 10.6. The van der Waals surface area contributed by atoms with Crippen LogP contribution in [0.1, 0.15) is 40.0 Å². The van der Waals surface area contributed by atoms with Gasteiger partial charge in [-0.25, -0.2) is 4.79 Å². The van der Waals surface area contributed by atoms with Crippen molar-refractivity contribution in [3.8, 4) is 0 Å². The zero-order chi connectivity index (χ0) is 12.4. The van der Waals surface area contributed by atoms with E-state index in [9.17, 15) is 4.79 Å². The van der Waals surface area contributed by atoms with E-state index < -0.39 is 9.76 Å². The van der Waals surface area contributed by atoms with Crippen molar-refractivity contribution in [1.29, 1.82) is 0 Å². The molecule has 94 valence electrons. The molecule has 0 rings (SSSR count). The fraction of sp³-hybridized carbons (Fsp3) is 0.750. The van der Waals surface area contributed by atoms with E-state index in [2.05, 4.69) is 13.5 Å². The summed E-state index contributed by atoms with van der Waals surface area (Å²) in [4.78, 5) is 11.2. The molecule has 0 aromatic carbocycles. The first kappa shape index (κ1) is 15.4. The van der Waals surface area contributed by atoms with E-state index in [0.717, 1.165) is 13.0 Å². The van der Waals surface area contributed by atoms with E-state index in [4.69, 9.17) is 9.16 Å². The maximum Gasteiger partial charge on any atom is 0.333 e. The molecule has 0 saturated carbocycles.